The number of aromatic nitrogens is 5. The zero-order valence-electron chi connectivity index (χ0n) is 23.3. The molecule has 0 bridgehead atoms. The largest absolute Gasteiger partial charge is 0.490 e. The highest BCUT2D eigenvalue weighted by atomic mass is 19.1. The number of aryl methyl sites for hydroxylation is 1. The van der Waals surface area contributed by atoms with Crippen LogP contribution in [0.2, 0.25) is 0 Å². The molecule has 0 unspecified atom stereocenters. The fourth-order valence-corrected chi connectivity index (χ4v) is 4.53. The SMILES string of the molecule is COCCOc1cc(F)ccc1-c1ncc(-c2cnn(C)c2)cc1-c1cc2n(n1)CCN(C(=O)OC(C)(C)C)C2. The van der Waals surface area contributed by atoms with Gasteiger partial charge in [-0.3, -0.25) is 14.3 Å². The number of ether oxygens (including phenoxy) is 3. The monoisotopic (exact) mass is 548 g/mol. The van der Waals surface area contributed by atoms with Crippen LogP contribution in [0, 0.1) is 5.82 Å². The van der Waals surface area contributed by atoms with Gasteiger partial charge in [0.2, 0.25) is 0 Å². The number of carbonyl (C=O) groups is 1. The van der Waals surface area contributed by atoms with E-state index >= 15 is 0 Å². The van der Waals surface area contributed by atoms with E-state index in [-0.39, 0.29) is 12.7 Å². The van der Waals surface area contributed by atoms with E-state index < -0.39 is 11.4 Å². The average molecular weight is 549 g/mol. The van der Waals surface area contributed by atoms with Crippen molar-refractivity contribution in [3.63, 3.8) is 0 Å². The molecule has 0 atom stereocenters. The van der Waals surface area contributed by atoms with E-state index in [0.717, 1.165) is 22.4 Å². The van der Waals surface area contributed by atoms with E-state index in [1.165, 1.54) is 12.1 Å². The molecule has 4 heterocycles. The molecule has 3 aromatic heterocycles. The van der Waals surface area contributed by atoms with Crippen molar-refractivity contribution in [2.75, 3.05) is 26.9 Å². The second-order valence-electron chi connectivity index (χ2n) is 10.7. The Labute approximate surface area is 232 Å². The van der Waals surface area contributed by atoms with Crippen molar-refractivity contribution in [2.24, 2.45) is 7.05 Å². The van der Waals surface area contributed by atoms with Crippen molar-refractivity contribution in [2.45, 2.75) is 39.5 Å². The van der Waals surface area contributed by atoms with Crippen LogP contribution in [0.1, 0.15) is 26.5 Å². The summed E-state index contributed by atoms with van der Waals surface area (Å²) in [6.07, 6.45) is 5.09. The molecule has 4 aromatic rings. The molecule has 10 nitrogen and oxygen atoms in total. The summed E-state index contributed by atoms with van der Waals surface area (Å²) in [7, 11) is 3.44. The molecule has 11 heteroatoms. The number of methoxy groups -OCH3 is 1. The normalized spacial score (nSPS) is 13.3. The Morgan fingerprint density at radius 1 is 1.05 bits per heavy atom. The van der Waals surface area contributed by atoms with Crippen LogP contribution in [0.5, 0.6) is 5.75 Å². The molecular formula is C29H33FN6O4. The van der Waals surface area contributed by atoms with Gasteiger partial charge in [-0.05, 0) is 45.0 Å². The molecule has 210 valence electrons. The summed E-state index contributed by atoms with van der Waals surface area (Å²) in [4.78, 5) is 19.2. The summed E-state index contributed by atoms with van der Waals surface area (Å²) in [5.74, 6) is -0.0515. The van der Waals surface area contributed by atoms with Gasteiger partial charge in [0, 0.05) is 61.4 Å². The molecule has 1 aliphatic heterocycles. The lowest BCUT2D eigenvalue weighted by atomic mass is 9.99. The molecule has 0 fully saturated rings. The standard InChI is InChI=1S/C29H33FN6O4/c1-29(2,3)40-28(37)35-8-9-36-22(18-35)14-25(33-36)24-12-19(20-16-32-34(4)17-20)15-31-27(24)23-7-6-21(30)13-26(23)39-11-10-38-5/h6-7,12-17H,8-11,18H2,1-5H3. The van der Waals surface area contributed by atoms with Gasteiger partial charge in [-0.25, -0.2) is 9.18 Å². The third kappa shape index (κ3) is 5.99. The van der Waals surface area contributed by atoms with E-state index in [1.54, 1.807) is 35.2 Å². The van der Waals surface area contributed by atoms with Gasteiger partial charge in [0.05, 0.1) is 43.0 Å². The highest BCUT2D eigenvalue weighted by Gasteiger charge is 2.28. The second-order valence-corrected chi connectivity index (χ2v) is 10.7. The highest BCUT2D eigenvalue weighted by Crippen LogP contribution is 2.38. The maximum atomic E-state index is 14.2. The lowest BCUT2D eigenvalue weighted by Crippen LogP contribution is -2.41. The number of amides is 1. The van der Waals surface area contributed by atoms with Crippen molar-refractivity contribution in [3.05, 3.63) is 60.4 Å². The predicted octanol–water partition coefficient (Wildman–Crippen LogP) is 4.93. The summed E-state index contributed by atoms with van der Waals surface area (Å²) in [5, 5.41) is 9.17. The van der Waals surface area contributed by atoms with Gasteiger partial charge in [0.15, 0.2) is 0 Å². The number of nitrogens with zero attached hydrogens (tertiary/aromatic N) is 6. The first-order chi connectivity index (χ1) is 19.1. The summed E-state index contributed by atoms with van der Waals surface area (Å²) in [6.45, 7) is 7.56. The van der Waals surface area contributed by atoms with Crippen LogP contribution >= 0.6 is 0 Å². The number of halogens is 1. The van der Waals surface area contributed by atoms with Crippen LogP contribution in [0.3, 0.4) is 0 Å². The minimum Gasteiger partial charge on any atom is -0.490 e. The fourth-order valence-electron chi connectivity index (χ4n) is 4.53. The summed E-state index contributed by atoms with van der Waals surface area (Å²) in [6, 6.07) is 8.35. The summed E-state index contributed by atoms with van der Waals surface area (Å²) >= 11 is 0. The third-order valence-corrected chi connectivity index (χ3v) is 6.40. The van der Waals surface area contributed by atoms with Crippen LogP contribution in [0.25, 0.3) is 33.6 Å². The highest BCUT2D eigenvalue weighted by molar-refractivity contribution is 5.85. The second kappa shape index (κ2) is 11.1. The molecule has 0 saturated carbocycles. The van der Waals surface area contributed by atoms with Gasteiger partial charge in [0.25, 0.3) is 0 Å². The van der Waals surface area contributed by atoms with Gasteiger partial charge in [-0.15, -0.1) is 0 Å². The number of hydrogen-bond donors (Lipinski definition) is 0. The molecule has 5 rings (SSSR count). The maximum absolute atomic E-state index is 14.2. The van der Waals surface area contributed by atoms with Crippen molar-refractivity contribution >= 4 is 6.09 Å². The predicted molar refractivity (Wildman–Crippen MR) is 147 cm³/mol. The van der Waals surface area contributed by atoms with Crippen molar-refractivity contribution < 1.29 is 23.4 Å². The Hall–Kier alpha value is -4.25. The zero-order valence-corrected chi connectivity index (χ0v) is 23.3. The van der Waals surface area contributed by atoms with Gasteiger partial charge in [0.1, 0.15) is 23.8 Å². The van der Waals surface area contributed by atoms with Gasteiger partial charge in [-0.2, -0.15) is 10.2 Å². The third-order valence-electron chi connectivity index (χ3n) is 6.40. The van der Waals surface area contributed by atoms with Crippen LogP contribution in [-0.4, -0.2) is 68.0 Å². The van der Waals surface area contributed by atoms with Crippen molar-refractivity contribution in [1.29, 1.82) is 0 Å². The Kier molecular flexibility index (Phi) is 7.57. The Morgan fingerprint density at radius 2 is 1.88 bits per heavy atom. The Morgan fingerprint density at radius 3 is 2.60 bits per heavy atom. The van der Waals surface area contributed by atoms with Gasteiger partial charge in [-0.1, -0.05) is 0 Å². The van der Waals surface area contributed by atoms with Crippen LogP contribution in [0.4, 0.5) is 9.18 Å². The molecule has 0 aliphatic carbocycles. The zero-order chi connectivity index (χ0) is 28.4. The number of rotatable bonds is 7. The molecule has 0 radical (unpaired) electrons. The fraction of sp³-hybridized carbons (Fsp3) is 0.379. The lowest BCUT2D eigenvalue weighted by molar-refractivity contribution is 0.0194. The minimum absolute atomic E-state index is 0.259. The smallest absolute Gasteiger partial charge is 0.410 e. The molecule has 1 aliphatic rings. The van der Waals surface area contributed by atoms with Crippen LogP contribution in [-0.2, 0) is 29.6 Å². The van der Waals surface area contributed by atoms with E-state index in [2.05, 4.69) is 5.10 Å². The topological polar surface area (TPSA) is 96.5 Å². The Bertz CT molecular complexity index is 1520. The quantitative estimate of drug-likeness (QED) is 0.302. The molecule has 1 aromatic carbocycles. The minimum atomic E-state index is -0.578. The van der Waals surface area contributed by atoms with Crippen LogP contribution in [0.15, 0.2) is 48.9 Å². The molecule has 40 heavy (non-hydrogen) atoms. The van der Waals surface area contributed by atoms with E-state index in [1.807, 2.05) is 50.8 Å². The van der Waals surface area contributed by atoms with Gasteiger partial charge < -0.3 is 19.1 Å². The first-order valence-corrected chi connectivity index (χ1v) is 13.1. The van der Waals surface area contributed by atoms with Gasteiger partial charge >= 0.3 is 6.09 Å². The number of fused-ring (bicyclic) bond motifs is 1. The first kappa shape index (κ1) is 27.3. The molecule has 1 amide bonds. The molecular weight excluding hydrogens is 515 g/mol. The molecule has 0 saturated heterocycles. The van der Waals surface area contributed by atoms with E-state index in [4.69, 9.17) is 24.3 Å². The lowest BCUT2D eigenvalue weighted by Gasteiger charge is -2.30. The van der Waals surface area contributed by atoms with E-state index in [9.17, 15) is 9.18 Å². The number of benzene rings is 1. The summed E-state index contributed by atoms with van der Waals surface area (Å²) < 4.78 is 34.4. The number of carbonyl (C=O) groups excluding carboxylic acids is 1. The van der Waals surface area contributed by atoms with Crippen LogP contribution < -0.4 is 4.74 Å². The van der Waals surface area contributed by atoms with Crippen molar-refractivity contribution in [3.8, 4) is 39.4 Å². The number of pyridine rings is 1. The maximum Gasteiger partial charge on any atom is 0.410 e. The van der Waals surface area contributed by atoms with Crippen molar-refractivity contribution in [1.82, 2.24) is 29.4 Å². The first-order valence-electron chi connectivity index (χ1n) is 13.1. The average Bonchev–Trinajstić information content (AvgIpc) is 3.53. The Balaban J connectivity index is 1.56. The molecule has 0 N–H and O–H groups in total. The van der Waals surface area contributed by atoms with E-state index in [0.29, 0.717) is 48.9 Å². The molecule has 0 spiro atoms. The summed E-state index contributed by atoms with van der Waals surface area (Å²) in [5.41, 5.74) is 4.71. The number of hydrogen-bond acceptors (Lipinski definition) is 7.